The number of hydrogen-bond donors (Lipinski definition) is 5. The van der Waals surface area contributed by atoms with Crippen LogP contribution in [0.15, 0.2) is 120 Å². The molecular weight excluding hydrogens is 865 g/mol. The molecule has 0 aliphatic carbocycles. The SMILES string of the molecule is CC(C)CC(=O)N[C@@H](C(=O)N1CCC[C@H]1C(=O)Nc1ccc(-c2cc3cc(NC(=O)c4cnc([C@@H]5CCCN5C(=O)[C@H](NC(=O)OC(C)C)c5ccccc5)[nH]4)ccc3o2)cc1)c1ccccc1. The minimum absolute atomic E-state index is 0.120. The fourth-order valence-electron chi connectivity index (χ4n) is 8.80. The number of amides is 6. The number of furan rings is 1. The van der Waals surface area contributed by atoms with E-state index in [2.05, 4.69) is 31.2 Å². The summed E-state index contributed by atoms with van der Waals surface area (Å²) < 4.78 is 11.5. The van der Waals surface area contributed by atoms with Gasteiger partial charge in [-0.1, -0.05) is 74.5 Å². The van der Waals surface area contributed by atoms with Crippen LogP contribution in [-0.4, -0.2) is 80.6 Å². The summed E-state index contributed by atoms with van der Waals surface area (Å²) in [7, 11) is 0. The molecule has 0 unspecified atom stereocenters. The second-order valence-corrected chi connectivity index (χ2v) is 17.9. The van der Waals surface area contributed by atoms with E-state index < -0.39 is 36.2 Å². The van der Waals surface area contributed by atoms with Crippen LogP contribution in [0.3, 0.4) is 0 Å². The van der Waals surface area contributed by atoms with Gasteiger partial charge in [0.15, 0.2) is 0 Å². The normalized spacial score (nSPS) is 16.7. The van der Waals surface area contributed by atoms with Gasteiger partial charge in [-0.05, 0) is 105 Å². The molecule has 4 atom stereocenters. The van der Waals surface area contributed by atoms with Gasteiger partial charge in [-0.3, -0.25) is 24.0 Å². The first-order valence-electron chi connectivity index (χ1n) is 23.1. The van der Waals surface area contributed by atoms with Gasteiger partial charge in [0.2, 0.25) is 17.7 Å². The highest BCUT2D eigenvalue weighted by Gasteiger charge is 2.39. The first-order valence-corrected chi connectivity index (χ1v) is 23.1. The van der Waals surface area contributed by atoms with Crippen molar-refractivity contribution in [3.8, 4) is 11.3 Å². The third-order valence-corrected chi connectivity index (χ3v) is 12.0. The van der Waals surface area contributed by atoms with Crippen LogP contribution in [0.4, 0.5) is 16.2 Å². The zero-order chi connectivity index (χ0) is 47.9. The Morgan fingerprint density at radius 1 is 0.735 bits per heavy atom. The smallest absolute Gasteiger partial charge is 0.408 e. The lowest BCUT2D eigenvalue weighted by Crippen LogP contribution is -2.48. The van der Waals surface area contributed by atoms with Gasteiger partial charge in [-0.2, -0.15) is 0 Å². The third kappa shape index (κ3) is 10.9. The van der Waals surface area contributed by atoms with E-state index >= 15 is 0 Å². The van der Waals surface area contributed by atoms with E-state index in [-0.39, 0.29) is 47.8 Å². The number of carbonyl (C=O) groups excluding carboxylic acids is 6. The lowest BCUT2D eigenvalue weighted by atomic mass is 10.0. The monoisotopic (exact) mass is 920 g/mol. The fourth-order valence-corrected chi connectivity index (χ4v) is 8.80. The van der Waals surface area contributed by atoms with Gasteiger partial charge in [0.25, 0.3) is 11.8 Å². The van der Waals surface area contributed by atoms with Gasteiger partial charge in [0, 0.05) is 41.8 Å². The van der Waals surface area contributed by atoms with Crippen LogP contribution in [0.1, 0.15) is 105 Å². The number of nitrogens with zero attached hydrogens (tertiary/aromatic N) is 3. The number of fused-ring (bicyclic) bond motifs is 1. The van der Waals surface area contributed by atoms with Gasteiger partial charge >= 0.3 is 6.09 Å². The number of nitrogens with one attached hydrogen (secondary N) is 5. The predicted molar refractivity (Wildman–Crippen MR) is 256 cm³/mol. The van der Waals surface area contributed by atoms with Crippen molar-refractivity contribution in [3.63, 3.8) is 0 Å². The van der Waals surface area contributed by atoms with Crippen LogP contribution in [-0.2, 0) is 23.9 Å². The van der Waals surface area contributed by atoms with Crippen LogP contribution in [0.25, 0.3) is 22.3 Å². The average molecular weight is 921 g/mol. The van der Waals surface area contributed by atoms with Gasteiger partial charge in [0.1, 0.15) is 41.0 Å². The molecule has 16 heteroatoms. The lowest BCUT2D eigenvalue weighted by Gasteiger charge is -2.29. The largest absolute Gasteiger partial charge is 0.456 e. The Morgan fingerprint density at radius 3 is 2.04 bits per heavy atom. The fraction of sp³-hybridized carbons (Fsp3) is 0.327. The molecule has 8 rings (SSSR count). The van der Waals surface area contributed by atoms with Gasteiger partial charge in [-0.15, -0.1) is 0 Å². The van der Waals surface area contributed by atoms with Crippen molar-refractivity contribution in [2.24, 2.45) is 5.92 Å². The van der Waals surface area contributed by atoms with Crippen LogP contribution in [0.5, 0.6) is 0 Å². The van der Waals surface area contributed by atoms with Crippen LogP contribution in [0.2, 0.25) is 0 Å². The molecule has 2 aromatic heterocycles. The van der Waals surface area contributed by atoms with Crippen LogP contribution in [0, 0.1) is 5.92 Å². The zero-order valence-corrected chi connectivity index (χ0v) is 38.5. The van der Waals surface area contributed by atoms with Crippen LogP contribution >= 0.6 is 0 Å². The van der Waals surface area contributed by atoms with Crippen molar-refractivity contribution in [2.45, 2.75) is 90.1 Å². The van der Waals surface area contributed by atoms with Crippen LogP contribution < -0.4 is 21.3 Å². The Bertz CT molecular complexity index is 2770. The van der Waals surface area contributed by atoms with Crippen molar-refractivity contribution in [2.75, 3.05) is 23.7 Å². The molecule has 5 N–H and O–H groups in total. The van der Waals surface area contributed by atoms with E-state index in [1.54, 1.807) is 90.4 Å². The zero-order valence-electron chi connectivity index (χ0n) is 38.5. The number of anilines is 2. The Morgan fingerprint density at radius 2 is 1.37 bits per heavy atom. The average Bonchev–Trinajstić information content (AvgIpc) is 4.17. The Kier molecular flexibility index (Phi) is 14.3. The van der Waals surface area contributed by atoms with Gasteiger partial charge in [-0.25, -0.2) is 9.78 Å². The topological polar surface area (TPSA) is 208 Å². The summed E-state index contributed by atoms with van der Waals surface area (Å²) in [5.41, 5.74) is 3.93. The summed E-state index contributed by atoms with van der Waals surface area (Å²) in [6.45, 7) is 8.21. The summed E-state index contributed by atoms with van der Waals surface area (Å²) in [5.74, 6) is -0.416. The number of rotatable bonds is 15. The standard InChI is InChI=1S/C52H56N8O8/c1-31(2)27-44(61)57-45(34-13-7-5-8-14-34)50(64)60-26-12-18-41(60)49(63)54-37-21-19-33(20-22-37)43-29-36-28-38(23-24-42(36)68-43)55-48(62)39-30-53-47(56-39)40-17-11-25-59(40)51(65)46(35-15-9-6-10-16-35)58-52(66)67-32(3)4/h5-10,13-16,19-24,28-32,40-41,45-46H,11-12,17-18,25-27H2,1-4H3,(H,53,56)(H,54,63)(H,55,62)(H,57,61)(H,58,66)/t40-,41-,45+,46+/m0/s1. The molecule has 16 nitrogen and oxygen atoms in total. The van der Waals surface area contributed by atoms with Crippen molar-refractivity contribution in [1.29, 1.82) is 0 Å². The molecule has 0 saturated carbocycles. The molecule has 6 amide bonds. The number of aromatic amines is 1. The molecule has 352 valence electrons. The van der Waals surface area contributed by atoms with E-state index in [9.17, 15) is 28.8 Å². The number of alkyl carbamates (subject to hydrolysis) is 1. The maximum atomic E-state index is 14.0. The molecular formula is C52H56N8O8. The molecule has 4 aromatic carbocycles. The van der Waals surface area contributed by atoms with Crippen molar-refractivity contribution in [1.82, 2.24) is 30.4 Å². The number of H-pyrrole nitrogens is 1. The van der Waals surface area contributed by atoms with E-state index in [1.807, 2.05) is 56.3 Å². The van der Waals surface area contributed by atoms with Gasteiger partial charge < -0.3 is 45.2 Å². The second-order valence-electron chi connectivity index (χ2n) is 17.9. The first kappa shape index (κ1) is 46.8. The molecule has 0 radical (unpaired) electrons. The molecule has 2 saturated heterocycles. The highest BCUT2D eigenvalue weighted by atomic mass is 16.6. The van der Waals surface area contributed by atoms with Gasteiger partial charge in [0.05, 0.1) is 18.3 Å². The molecule has 0 spiro atoms. The molecule has 2 aliphatic rings. The van der Waals surface area contributed by atoms with Crippen molar-refractivity contribution in [3.05, 3.63) is 138 Å². The number of likely N-dealkylation sites (tertiary alicyclic amines) is 2. The summed E-state index contributed by atoms with van der Waals surface area (Å²) in [6.07, 6.45) is 3.15. The Hall–Kier alpha value is -7.75. The highest BCUT2D eigenvalue weighted by Crippen LogP contribution is 2.34. The van der Waals surface area contributed by atoms with E-state index in [1.165, 1.54) is 6.20 Å². The Labute approximate surface area is 394 Å². The molecule has 2 aliphatic heterocycles. The predicted octanol–water partition coefficient (Wildman–Crippen LogP) is 8.45. The number of imidazole rings is 1. The molecule has 2 fully saturated rings. The first-order chi connectivity index (χ1) is 32.8. The minimum Gasteiger partial charge on any atom is -0.456 e. The number of hydrogen-bond acceptors (Lipinski definition) is 9. The maximum Gasteiger partial charge on any atom is 0.408 e. The Balaban J connectivity index is 0.891. The third-order valence-electron chi connectivity index (χ3n) is 12.0. The second kappa shape index (κ2) is 20.8. The van der Waals surface area contributed by atoms with Crippen molar-refractivity contribution < 1.29 is 37.9 Å². The number of ether oxygens (including phenoxy) is 1. The quantitative estimate of drug-likeness (QED) is 0.0669. The molecule has 4 heterocycles. The maximum absolute atomic E-state index is 14.0. The summed E-state index contributed by atoms with van der Waals surface area (Å²) in [4.78, 5) is 91.6. The minimum atomic E-state index is -0.975. The summed E-state index contributed by atoms with van der Waals surface area (Å²) >= 11 is 0. The number of aromatic nitrogens is 2. The lowest BCUT2D eigenvalue weighted by molar-refractivity contribution is -0.140. The van der Waals surface area contributed by atoms with E-state index in [0.717, 1.165) is 10.9 Å². The molecule has 6 aromatic rings. The summed E-state index contributed by atoms with van der Waals surface area (Å²) in [5, 5.41) is 12.3. The molecule has 0 bridgehead atoms. The molecule has 68 heavy (non-hydrogen) atoms. The van der Waals surface area contributed by atoms with E-state index in [4.69, 9.17) is 9.15 Å². The van der Waals surface area contributed by atoms with Crippen molar-refractivity contribution >= 4 is 58.0 Å². The number of carbonyl (C=O) groups is 6. The summed E-state index contributed by atoms with van der Waals surface area (Å²) in [6, 6.07) is 29.4. The van der Waals surface area contributed by atoms with E-state index in [0.29, 0.717) is 78.4 Å². The highest BCUT2D eigenvalue weighted by molar-refractivity contribution is 6.04. The number of benzene rings is 4.